The minimum Gasteiger partial charge on any atom is -0.488 e. The minimum atomic E-state index is -1.36. The number of benzene rings is 2. The summed E-state index contributed by atoms with van der Waals surface area (Å²) in [7, 11) is 0. The zero-order valence-electron chi connectivity index (χ0n) is 22.7. The van der Waals surface area contributed by atoms with E-state index in [2.05, 4.69) is 5.32 Å². The van der Waals surface area contributed by atoms with Crippen molar-refractivity contribution in [2.45, 2.75) is 55.7 Å². The van der Waals surface area contributed by atoms with Crippen molar-refractivity contribution in [2.75, 3.05) is 31.2 Å². The topological polar surface area (TPSA) is 141 Å². The molecule has 6 rings (SSSR count). The van der Waals surface area contributed by atoms with Gasteiger partial charge in [-0.1, -0.05) is 6.07 Å². The molecule has 1 aromatic heterocycles. The van der Waals surface area contributed by atoms with Gasteiger partial charge in [0.05, 0.1) is 29.8 Å². The summed E-state index contributed by atoms with van der Waals surface area (Å²) in [5, 5.41) is 32.6. The highest BCUT2D eigenvalue weighted by molar-refractivity contribution is 5.93. The Kier molecular flexibility index (Phi) is 7.14. The Bertz CT molecular complexity index is 1630. The quantitative estimate of drug-likeness (QED) is 0.317. The maximum Gasteiger partial charge on any atom is 0.341 e. The average molecular weight is 584 g/mol. The summed E-state index contributed by atoms with van der Waals surface area (Å²) in [6.07, 6.45) is 3.79. The van der Waals surface area contributed by atoms with Crippen LogP contribution in [0.25, 0.3) is 10.9 Å². The van der Waals surface area contributed by atoms with Crippen LogP contribution in [-0.2, 0) is 4.79 Å². The number of piperidine rings is 1. The average Bonchev–Trinajstić information content (AvgIpc) is 3.74. The Morgan fingerprint density at radius 3 is 2.45 bits per heavy atom. The molecule has 0 spiro atoms. The van der Waals surface area contributed by atoms with E-state index in [4.69, 9.17) is 4.74 Å². The molecule has 3 fully saturated rings. The number of aromatic nitrogens is 1. The third-order valence-corrected chi connectivity index (χ3v) is 8.56. The zero-order chi connectivity index (χ0) is 29.8. The van der Waals surface area contributed by atoms with Crippen LogP contribution < -0.4 is 20.4 Å². The molecule has 2 aliphatic heterocycles. The second kappa shape index (κ2) is 10.7. The van der Waals surface area contributed by atoms with Crippen molar-refractivity contribution in [3.8, 4) is 5.75 Å². The summed E-state index contributed by atoms with van der Waals surface area (Å²) < 4.78 is 37.5. The van der Waals surface area contributed by atoms with Crippen molar-refractivity contribution in [1.29, 1.82) is 0 Å². The van der Waals surface area contributed by atoms with E-state index < -0.39 is 40.1 Å². The number of carbonyl (C=O) groups is 2. The highest BCUT2D eigenvalue weighted by atomic mass is 19.1. The van der Waals surface area contributed by atoms with E-state index in [9.17, 15) is 34.1 Å². The molecular weight excluding hydrogens is 552 g/mol. The van der Waals surface area contributed by atoms with Gasteiger partial charge >= 0.3 is 5.97 Å². The number of amides is 1. The number of nitrogens with one attached hydrogen (secondary N) is 1. The van der Waals surface area contributed by atoms with Gasteiger partial charge in [-0.25, -0.2) is 13.6 Å². The number of hydrogen-bond acceptors (Lipinski definition) is 7. The van der Waals surface area contributed by atoms with Crippen LogP contribution in [0.2, 0.25) is 0 Å². The van der Waals surface area contributed by atoms with Gasteiger partial charge < -0.3 is 34.8 Å². The molecule has 1 unspecified atom stereocenters. The number of carbonyl (C=O) groups excluding carboxylic acids is 1. The van der Waals surface area contributed by atoms with Crippen molar-refractivity contribution < 1.29 is 38.4 Å². The van der Waals surface area contributed by atoms with E-state index in [1.54, 1.807) is 21.6 Å². The lowest BCUT2D eigenvalue weighted by atomic mass is 9.91. The normalized spacial score (nSPS) is 21.9. The number of aromatic carboxylic acids is 1. The van der Waals surface area contributed by atoms with Gasteiger partial charge in [0, 0.05) is 30.7 Å². The smallest absolute Gasteiger partial charge is 0.341 e. The first-order chi connectivity index (χ1) is 20.1. The van der Waals surface area contributed by atoms with E-state index in [1.165, 1.54) is 18.3 Å². The molecule has 2 aromatic carbocycles. The lowest BCUT2D eigenvalue weighted by Gasteiger charge is -2.39. The number of pyridine rings is 1. The van der Waals surface area contributed by atoms with Crippen molar-refractivity contribution in [3.05, 3.63) is 69.5 Å². The van der Waals surface area contributed by atoms with Gasteiger partial charge in [0.2, 0.25) is 11.3 Å². The van der Waals surface area contributed by atoms with Crippen molar-refractivity contribution in [2.24, 2.45) is 0 Å². The Balaban J connectivity index is 1.14. The summed E-state index contributed by atoms with van der Waals surface area (Å²) in [6, 6.07) is 6.60. The second-order valence-corrected chi connectivity index (χ2v) is 11.5. The lowest BCUT2D eigenvalue weighted by Crippen LogP contribution is -2.48. The first-order valence-corrected chi connectivity index (χ1v) is 14.0. The first-order valence-electron chi connectivity index (χ1n) is 14.0. The van der Waals surface area contributed by atoms with Gasteiger partial charge in [0.1, 0.15) is 23.6 Å². The fraction of sp³-hybridized carbons (Fsp3) is 0.433. The zero-order valence-corrected chi connectivity index (χ0v) is 22.7. The predicted octanol–water partition coefficient (Wildman–Crippen LogP) is 2.69. The van der Waals surface area contributed by atoms with Gasteiger partial charge in [-0.05, 0) is 61.9 Å². The molecule has 12 heteroatoms. The predicted molar refractivity (Wildman–Crippen MR) is 148 cm³/mol. The third kappa shape index (κ3) is 5.20. The number of carboxylic acid groups (broad SMARTS) is 1. The number of hydrogen-bond donors (Lipinski definition) is 4. The number of nitrogens with zero attached hydrogens (tertiary/aromatic N) is 2. The van der Waals surface area contributed by atoms with Crippen molar-refractivity contribution in [3.63, 3.8) is 0 Å². The number of fused-ring (bicyclic) bond motifs is 1. The maximum absolute atomic E-state index is 15.3. The molecular formula is C30H31F2N3O7. The molecule has 42 heavy (non-hydrogen) atoms. The summed E-state index contributed by atoms with van der Waals surface area (Å²) in [4.78, 5) is 38.3. The number of ether oxygens (including phenoxy) is 1. The number of rotatable bonds is 8. The van der Waals surface area contributed by atoms with Crippen molar-refractivity contribution >= 4 is 28.5 Å². The number of anilines is 1. The molecule has 1 aliphatic carbocycles. The van der Waals surface area contributed by atoms with E-state index in [0.29, 0.717) is 17.5 Å². The minimum absolute atomic E-state index is 0.0137. The van der Waals surface area contributed by atoms with Crippen LogP contribution in [0.3, 0.4) is 0 Å². The molecule has 0 radical (unpaired) electrons. The fourth-order valence-corrected chi connectivity index (χ4v) is 5.94. The van der Waals surface area contributed by atoms with E-state index in [0.717, 1.165) is 18.9 Å². The Morgan fingerprint density at radius 2 is 1.83 bits per heavy atom. The molecule has 10 nitrogen and oxygen atoms in total. The monoisotopic (exact) mass is 583 g/mol. The second-order valence-electron chi connectivity index (χ2n) is 11.5. The number of carboxylic acids is 1. The summed E-state index contributed by atoms with van der Waals surface area (Å²) in [5.74, 6) is -3.58. The van der Waals surface area contributed by atoms with Crippen LogP contribution in [0, 0.1) is 11.6 Å². The highest BCUT2D eigenvalue weighted by Crippen LogP contribution is 2.39. The number of aliphatic hydroxyl groups excluding tert-OH is 1. The summed E-state index contributed by atoms with van der Waals surface area (Å²) >= 11 is 0. The van der Waals surface area contributed by atoms with Gasteiger partial charge in [-0.3, -0.25) is 9.59 Å². The standard InChI is InChI=1S/C30H31F2N3O7/c31-22-11-20-24(35(18-2-3-18)13-21(27(20)37)29(39)40)12-25(22)34-7-5-30(41,6-8-34)15-42-26-4-1-16(9-23(26)32)19-10-17(14-36)33-28(19)38/h1,4,9,11-13,17-19,36,41H,2-3,5-8,10,14-15H2,(H,33,38)(H,39,40)/t17?,19-/m1/s1. The Morgan fingerprint density at radius 1 is 1.10 bits per heavy atom. The molecule has 3 heterocycles. The van der Waals surface area contributed by atoms with Gasteiger partial charge in [0.25, 0.3) is 0 Å². The van der Waals surface area contributed by atoms with Crippen molar-refractivity contribution in [1.82, 2.24) is 9.88 Å². The van der Waals surface area contributed by atoms with Crippen LogP contribution in [-0.4, -0.2) is 69.7 Å². The van der Waals surface area contributed by atoms with Gasteiger partial charge in [0.15, 0.2) is 11.6 Å². The largest absolute Gasteiger partial charge is 0.488 e. The highest BCUT2D eigenvalue weighted by Gasteiger charge is 2.36. The molecule has 0 bridgehead atoms. The molecule has 222 valence electrons. The van der Waals surface area contributed by atoms with E-state index >= 15 is 4.39 Å². The molecule has 1 amide bonds. The summed E-state index contributed by atoms with van der Waals surface area (Å²) in [5.41, 5.74) is -1.22. The number of halogens is 2. The van der Waals surface area contributed by atoms with Gasteiger partial charge in [-0.2, -0.15) is 0 Å². The van der Waals surface area contributed by atoms with Crippen LogP contribution in [0.4, 0.5) is 14.5 Å². The molecule has 4 N–H and O–H groups in total. The summed E-state index contributed by atoms with van der Waals surface area (Å²) in [6.45, 7) is 0.165. The maximum atomic E-state index is 15.3. The van der Waals surface area contributed by atoms with E-state index in [1.807, 2.05) is 0 Å². The van der Waals surface area contributed by atoms with Crippen LogP contribution in [0.5, 0.6) is 5.75 Å². The van der Waals surface area contributed by atoms with Gasteiger partial charge in [-0.15, -0.1) is 0 Å². The first kappa shape index (κ1) is 28.1. The molecule has 3 aliphatic rings. The van der Waals surface area contributed by atoms with E-state index in [-0.39, 0.29) is 74.0 Å². The Labute approximate surface area is 239 Å². The third-order valence-electron chi connectivity index (χ3n) is 8.56. The molecule has 2 saturated heterocycles. The van der Waals surface area contributed by atoms with Crippen LogP contribution in [0.15, 0.2) is 41.3 Å². The molecule has 3 aromatic rings. The fourth-order valence-electron chi connectivity index (χ4n) is 5.94. The SMILES string of the molecule is O=C(O)c1cn(C2CC2)c2cc(N3CCC(O)(COc4ccc([C@H]5CC(CO)NC5=O)cc4F)CC3)c(F)cc2c1=O. The van der Waals surface area contributed by atoms with Crippen LogP contribution in [0.1, 0.15) is 60.0 Å². The lowest BCUT2D eigenvalue weighted by molar-refractivity contribution is -0.120. The Hall–Kier alpha value is -4.03. The molecule has 2 atom stereocenters. The van der Waals surface area contributed by atoms with Crippen LogP contribution >= 0.6 is 0 Å². The molecule has 1 saturated carbocycles. The number of aliphatic hydroxyl groups is 2.